The third-order valence-electron chi connectivity index (χ3n) is 3.31. The Balaban J connectivity index is 1.97. The predicted octanol–water partition coefficient (Wildman–Crippen LogP) is 2.37. The molecule has 0 aromatic heterocycles. The van der Waals surface area contributed by atoms with E-state index in [2.05, 4.69) is 0 Å². The summed E-state index contributed by atoms with van der Waals surface area (Å²) in [6.45, 7) is 0. The Hall–Kier alpha value is -0.0400. The van der Waals surface area contributed by atoms with Crippen molar-refractivity contribution in [2.75, 3.05) is 5.88 Å². The standard InChI is InChI=1S/C9H13ClO/c10-6-8(11)7-5-9(7)3-1-2-4-9/h7H,1-6H2. The third-order valence-corrected chi connectivity index (χ3v) is 3.57. The van der Waals surface area contributed by atoms with Crippen LogP contribution in [0.1, 0.15) is 32.1 Å². The number of Topliss-reactive ketones (excluding diaryl/α,β-unsaturated/α-hetero) is 1. The van der Waals surface area contributed by atoms with Crippen molar-refractivity contribution in [1.29, 1.82) is 0 Å². The first-order valence-corrected chi connectivity index (χ1v) is 4.91. The van der Waals surface area contributed by atoms with Crippen LogP contribution in [0.5, 0.6) is 0 Å². The lowest BCUT2D eigenvalue weighted by Crippen LogP contribution is -2.08. The Labute approximate surface area is 72.1 Å². The maximum Gasteiger partial charge on any atom is 0.151 e. The largest absolute Gasteiger partial charge is 0.298 e. The summed E-state index contributed by atoms with van der Waals surface area (Å²) >= 11 is 5.50. The lowest BCUT2D eigenvalue weighted by atomic mass is 10.0. The van der Waals surface area contributed by atoms with Gasteiger partial charge in [0.2, 0.25) is 0 Å². The maximum absolute atomic E-state index is 11.2. The second kappa shape index (κ2) is 2.48. The molecule has 0 heterocycles. The van der Waals surface area contributed by atoms with E-state index in [0.29, 0.717) is 11.3 Å². The Morgan fingerprint density at radius 3 is 2.64 bits per heavy atom. The van der Waals surface area contributed by atoms with Gasteiger partial charge in [-0.25, -0.2) is 0 Å². The second-order valence-electron chi connectivity index (χ2n) is 3.93. The zero-order valence-electron chi connectivity index (χ0n) is 6.61. The fourth-order valence-corrected chi connectivity index (χ4v) is 2.71. The molecule has 2 saturated carbocycles. The molecule has 0 N–H and O–H groups in total. The van der Waals surface area contributed by atoms with Gasteiger partial charge in [0.1, 0.15) is 0 Å². The van der Waals surface area contributed by atoms with Gasteiger partial charge in [0.05, 0.1) is 5.88 Å². The Bertz CT molecular complexity index is 182. The molecule has 0 bridgehead atoms. The molecule has 1 unspecified atom stereocenters. The summed E-state index contributed by atoms with van der Waals surface area (Å²) in [6.07, 6.45) is 6.34. The molecule has 2 aliphatic rings. The first-order chi connectivity index (χ1) is 5.28. The van der Waals surface area contributed by atoms with Crippen molar-refractivity contribution in [2.24, 2.45) is 11.3 Å². The third kappa shape index (κ3) is 1.10. The molecular weight excluding hydrogens is 160 g/mol. The summed E-state index contributed by atoms with van der Waals surface area (Å²) in [5, 5.41) is 0. The van der Waals surface area contributed by atoms with Gasteiger partial charge in [0.15, 0.2) is 5.78 Å². The summed E-state index contributed by atoms with van der Waals surface area (Å²) < 4.78 is 0. The number of halogens is 1. The summed E-state index contributed by atoms with van der Waals surface area (Å²) in [7, 11) is 0. The molecule has 0 saturated heterocycles. The average molecular weight is 173 g/mol. The molecular formula is C9H13ClO. The molecule has 0 amide bonds. The van der Waals surface area contributed by atoms with Gasteiger partial charge in [-0.15, -0.1) is 11.6 Å². The summed E-state index contributed by atoms with van der Waals surface area (Å²) in [4.78, 5) is 11.2. The van der Waals surface area contributed by atoms with Gasteiger partial charge < -0.3 is 0 Å². The van der Waals surface area contributed by atoms with Crippen LogP contribution in [0.15, 0.2) is 0 Å². The quantitative estimate of drug-likeness (QED) is 0.585. The molecule has 2 fully saturated rings. The van der Waals surface area contributed by atoms with Crippen molar-refractivity contribution in [3.05, 3.63) is 0 Å². The van der Waals surface area contributed by atoms with E-state index in [9.17, 15) is 4.79 Å². The molecule has 0 aliphatic heterocycles. The molecule has 0 aromatic rings. The van der Waals surface area contributed by atoms with Crippen molar-refractivity contribution in [3.63, 3.8) is 0 Å². The van der Waals surface area contributed by atoms with E-state index in [4.69, 9.17) is 11.6 Å². The van der Waals surface area contributed by atoms with Crippen LogP contribution in [0.25, 0.3) is 0 Å². The van der Waals surface area contributed by atoms with Gasteiger partial charge in [-0.2, -0.15) is 0 Å². The maximum atomic E-state index is 11.2. The molecule has 62 valence electrons. The summed E-state index contributed by atoms with van der Waals surface area (Å²) in [5.74, 6) is 0.864. The Kier molecular flexibility index (Phi) is 1.71. The summed E-state index contributed by atoms with van der Waals surface area (Å²) in [5.41, 5.74) is 0.450. The lowest BCUT2D eigenvalue weighted by Gasteiger charge is -2.04. The van der Waals surface area contributed by atoms with Crippen molar-refractivity contribution in [1.82, 2.24) is 0 Å². The minimum atomic E-state index is 0.229. The Morgan fingerprint density at radius 1 is 1.45 bits per heavy atom. The van der Waals surface area contributed by atoms with Gasteiger partial charge >= 0.3 is 0 Å². The molecule has 2 aliphatic carbocycles. The van der Waals surface area contributed by atoms with E-state index < -0.39 is 0 Å². The summed E-state index contributed by atoms with van der Waals surface area (Å²) in [6, 6.07) is 0. The molecule has 1 spiro atoms. The van der Waals surface area contributed by atoms with Crippen molar-refractivity contribution in [2.45, 2.75) is 32.1 Å². The SMILES string of the molecule is O=C(CCl)C1CC12CCCC2. The zero-order chi connectivity index (χ0) is 7.90. The van der Waals surface area contributed by atoms with Crippen LogP contribution in [-0.2, 0) is 4.79 Å². The minimum absolute atomic E-state index is 0.229. The highest BCUT2D eigenvalue weighted by Crippen LogP contribution is 2.63. The number of hydrogen-bond acceptors (Lipinski definition) is 1. The molecule has 0 aromatic carbocycles. The van der Waals surface area contributed by atoms with E-state index in [0.717, 1.165) is 6.42 Å². The van der Waals surface area contributed by atoms with Gasteiger partial charge in [-0.3, -0.25) is 4.79 Å². The first-order valence-electron chi connectivity index (χ1n) is 4.37. The average Bonchev–Trinajstić information content (AvgIpc) is 2.48. The van der Waals surface area contributed by atoms with E-state index in [1.807, 2.05) is 0 Å². The fraction of sp³-hybridized carbons (Fsp3) is 0.889. The fourth-order valence-electron chi connectivity index (χ4n) is 2.53. The molecule has 1 nitrogen and oxygen atoms in total. The molecule has 11 heavy (non-hydrogen) atoms. The van der Waals surface area contributed by atoms with Gasteiger partial charge in [-0.05, 0) is 24.7 Å². The lowest BCUT2D eigenvalue weighted by molar-refractivity contribution is -0.118. The number of ketones is 1. The van der Waals surface area contributed by atoms with Crippen LogP contribution in [0.2, 0.25) is 0 Å². The highest BCUT2D eigenvalue weighted by molar-refractivity contribution is 6.28. The van der Waals surface area contributed by atoms with Gasteiger partial charge in [0, 0.05) is 5.92 Å². The minimum Gasteiger partial charge on any atom is -0.298 e. The predicted molar refractivity (Wildman–Crippen MR) is 44.7 cm³/mol. The van der Waals surface area contributed by atoms with Crippen LogP contribution < -0.4 is 0 Å². The zero-order valence-corrected chi connectivity index (χ0v) is 7.36. The smallest absolute Gasteiger partial charge is 0.151 e. The molecule has 0 radical (unpaired) electrons. The van der Waals surface area contributed by atoms with Crippen LogP contribution in [-0.4, -0.2) is 11.7 Å². The number of carbonyl (C=O) groups excluding carboxylic acids is 1. The highest BCUT2D eigenvalue weighted by atomic mass is 35.5. The van der Waals surface area contributed by atoms with E-state index in [1.165, 1.54) is 25.7 Å². The van der Waals surface area contributed by atoms with E-state index in [1.54, 1.807) is 0 Å². The molecule has 2 rings (SSSR count). The monoisotopic (exact) mass is 172 g/mol. The number of rotatable bonds is 2. The topological polar surface area (TPSA) is 17.1 Å². The van der Waals surface area contributed by atoms with Crippen LogP contribution in [0.4, 0.5) is 0 Å². The highest BCUT2D eigenvalue weighted by Gasteiger charge is 2.57. The first kappa shape index (κ1) is 7.60. The molecule has 1 atom stereocenters. The van der Waals surface area contributed by atoms with Crippen molar-refractivity contribution >= 4 is 17.4 Å². The normalized spacial score (nSPS) is 32.6. The Morgan fingerprint density at radius 2 is 2.09 bits per heavy atom. The van der Waals surface area contributed by atoms with Gasteiger partial charge in [-0.1, -0.05) is 12.8 Å². The number of carbonyl (C=O) groups is 1. The van der Waals surface area contributed by atoms with E-state index in [-0.39, 0.29) is 11.7 Å². The van der Waals surface area contributed by atoms with Crippen LogP contribution in [0, 0.1) is 11.3 Å². The van der Waals surface area contributed by atoms with Gasteiger partial charge in [0.25, 0.3) is 0 Å². The molecule has 2 heteroatoms. The van der Waals surface area contributed by atoms with Crippen LogP contribution in [0.3, 0.4) is 0 Å². The van der Waals surface area contributed by atoms with E-state index >= 15 is 0 Å². The van der Waals surface area contributed by atoms with Crippen molar-refractivity contribution in [3.8, 4) is 0 Å². The second-order valence-corrected chi connectivity index (χ2v) is 4.19. The van der Waals surface area contributed by atoms with Crippen LogP contribution >= 0.6 is 11.6 Å². The van der Waals surface area contributed by atoms with Crippen molar-refractivity contribution < 1.29 is 4.79 Å². The number of hydrogen-bond donors (Lipinski definition) is 0. The number of alkyl halides is 1.